The van der Waals surface area contributed by atoms with Crippen molar-refractivity contribution in [3.05, 3.63) is 41.8 Å². The van der Waals surface area contributed by atoms with Crippen molar-refractivity contribution in [2.24, 2.45) is 0 Å². The molecule has 0 unspecified atom stereocenters. The molecule has 0 atom stereocenters. The summed E-state index contributed by atoms with van der Waals surface area (Å²) in [7, 11) is 0. The first-order valence-electron chi connectivity index (χ1n) is 6.49. The van der Waals surface area contributed by atoms with Crippen LogP contribution in [0.3, 0.4) is 0 Å². The first-order chi connectivity index (χ1) is 10.7. The number of aromatic nitrogens is 3. The van der Waals surface area contributed by atoms with Gasteiger partial charge in [-0.25, -0.2) is 14.2 Å². The van der Waals surface area contributed by atoms with E-state index in [2.05, 4.69) is 20.5 Å². The zero-order chi connectivity index (χ0) is 15.5. The normalized spacial score (nSPS) is 10.6. The van der Waals surface area contributed by atoms with Crippen molar-refractivity contribution in [3.8, 4) is 0 Å². The predicted octanol–water partition coefficient (Wildman–Crippen LogP) is 3.15. The van der Waals surface area contributed by atoms with Gasteiger partial charge >= 0.3 is 5.97 Å². The molecular weight excluding hydrogens is 307 g/mol. The van der Waals surface area contributed by atoms with Gasteiger partial charge in [0.05, 0.1) is 16.8 Å². The van der Waals surface area contributed by atoms with Gasteiger partial charge in [0.25, 0.3) is 0 Å². The van der Waals surface area contributed by atoms with E-state index in [0.717, 1.165) is 4.70 Å². The number of hydrogen-bond acceptors (Lipinski definition) is 7. The van der Waals surface area contributed by atoms with Crippen LogP contribution in [0.1, 0.15) is 17.4 Å². The molecule has 0 saturated heterocycles. The second-order valence-electron chi connectivity index (χ2n) is 4.28. The van der Waals surface area contributed by atoms with Crippen LogP contribution in [-0.4, -0.2) is 27.8 Å². The number of thiazole rings is 1. The van der Waals surface area contributed by atoms with Gasteiger partial charge in [-0.1, -0.05) is 11.3 Å². The average Bonchev–Trinajstić information content (AvgIpc) is 2.89. The van der Waals surface area contributed by atoms with Gasteiger partial charge in [-0.2, -0.15) is 0 Å². The zero-order valence-electron chi connectivity index (χ0n) is 11.5. The minimum absolute atomic E-state index is 0.138. The van der Waals surface area contributed by atoms with Crippen molar-refractivity contribution < 1.29 is 13.9 Å². The minimum atomic E-state index is -0.517. The van der Waals surface area contributed by atoms with Crippen molar-refractivity contribution in [1.82, 2.24) is 15.2 Å². The van der Waals surface area contributed by atoms with Crippen LogP contribution in [0.2, 0.25) is 0 Å². The van der Waals surface area contributed by atoms with Crippen molar-refractivity contribution in [3.63, 3.8) is 0 Å². The van der Waals surface area contributed by atoms with Gasteiger partial charge < -0.3 is 10.1 Å². The smallest absolute Gasteiger partial charge is 0.358 e. The Morgan fingerprint density at radius 1 is 1.32 bits per heavy atom. The van der Waals surface area contributed by atoms with E-state index < -0.39 is 5.97 Å². The van der Waals surface area contributed by atoms with Crippen LogP contribution in [0, 0.1) is 5.82 Å². The fourth-order valence-electron chi connectivity index (χ4n) is 1.77. The lowest BCUT2D eigenvalue weighted by molar-refractivity contribution is 0.0518. The third-order valence-corrected chi connectivity index (χ3v) is 3.67. The van der Waals surface area contributed by atoms with Crippen LogP contribution >= 0.6 is 11.3 Å². The maximum atomic E-state index is 13.1. The summed E-state index contributed by atoms with van der Waals surface area (Å²) in [6, 6.07) is 7.52. The van der Waals surface area contributed by atoms with Gasteiger partial charge in [0, 0.05) is 0 Å². The molecule has 3 aromatic rings. The Bertz CT molecular complexity index is 819. The highest BCUT2D eigenvalue weighted by atomic mass is 32.1. The standard InChI is InChI=1S/C14H11FN4O2S/c1-2-21-13(20)10-5-6-12(19-18-10)17-14-16-9-4-3-8(15)7-11(9)22-14/h3-7H,2H2,1H3,(H,16,17,19). The van der Waals surface area contributed by atoms with Gasteiger partial charge in [0.15, 0.2) is 16.6 Å². The Morgan fingerprint density at radius 2 is 2.18 bits per heavy atom. The topological polar surface area (TPSA) is 77.0 Å². The molecule has 0 spiro atoms. The number of esters is 1. The van der Waals surface area contributed by atoms with Crippen LogP contribution in [0.25, 0.3) is 10.2 Å². The number of fused-ring (bicyclic) bond motifs is 1. The van der Waals surface area contributed by atoms with Crippen LogP contribution in [-0.2, 0) is 4.74 Å². The van der Waals surface area contributed by atoms with E-state index in [1.807, 2.05) is 0 Å². The zero-order valence-corrected chi connectivity index (χ0v) is 12.4. The molecule has 0 amide bonds. The second-order valence-corrected chi connectivity index (χ2v) is 5.31. The highest BCUT2D eigenvalue weighted by molar-refractivity contribution is 7.22. The summed E-state index contributed by atoms with van der Waals surface area (Å²) in [5.74, 6) is -0.383. The first kappa shape index (κ1) is 14.3. The lowest BCUT2D eigenvalue weighted by Crippen LogP contribution is -2.08. The molecule has 0 aliphatic heterocycles. The van der Waals surface area contributed by atoms with E-state index in [4.69, 9.17) is 4.74 Å². The van der Waals surface area contributed by atoms with E-state index in [1.165, 1.54) is 29.5 Å². The quantitative estimate of drug-likeness (QED) is 0.745. The molecule has 1 aromatic carbocycles. The van der Waals surface area contributed by atoms with E-state index in [9.17, 15) is 9.18 Å². The van der Waals surface area contributed by atoms with Crippen LogP contribution in [0.4, 0.5) is 15.3 Å². The Kier molecular flexibility index (Phi) is 3.92. The lowest BCUT2D eigenvalue weighted by Gasteiger charge is -2.02. The molecule has 0 aliphatic rings. The monoisotopic (exact) mass is 318 g/mol. The molecule has 1 N–H and O–H groups in total. The van der Waals surface area contributed by atoms with E-state index in [1.54, 1.807) is 19.1 Å². The number of carbonyl (C=O) groups is 1. The molecule has 0 saturated carbocycles. The molecule has 3 rings (SSSR count). The molecule has 0 fully saturated rings. The van der Waals surface area contributed by atoms with Crippen LogP contribution in [0.5, 0.6) is 0 Å². The van der Waals surface area contributed by atoms with Gasteiger partial charge in [-0.15, -0.1) is 10.2 Å². The summed E-state index contributed by atoms with van der Waals surface area (Å²) in [5.41, 5.74) is 0.837. The average molecular weight is 318 g/mol. The highest BCUT2D eigenvalue weighted by Gasteiger charge is 2.10. The largest absolute Gasteiger partial charge is 0.461 e. The highest BCUT2D eigenvalue weighted by Crippen LogP contribution is 2.28. The summed E-state index contributed by atoms with van der Waals surface area (Å²) in [5, 5.41) is 11.2. The van der Waals surface area contributed by atoms with Gasteiger partial charge in [0.2, 0.25) is 0 Å². The number of hydrogen-bond donors (Lipinski definition) is 1. The molecule has 22 heavy (non-hydrogen) atoms. The molecule has 2 aromatic heterocycles. The summed E-state index contributed by atoms with van der Waals surface area (Å²) in [6.45, 7) is 2.00. The number of nitrogens with one attached hydrogen (secondary N) is 1. The van der Waals surface area contributed by atoms with Crippen molar-refractivity contribution in [2.75, 3.05) is 11.9 Å². The number of anilines is 2. The SMILES string of the molecule is CCOC(=O)c1ccc(Nc2nc3ccc(F)cc3s2)nn1. The Hall–Kier alpha value is -2.61. The molecule has 0 radical (unpaired) electrons. The van der Waals surface area contributed by atoms with Crippen molar-refractivity contribution >= 4 is 38.5 Å². The third kappa shape index (κ3) is 3.01. The number of rotatable bonds is 4. The van der Waals surface area contributed by atoms with Gasteiger partial charge in [-0.05, 0) is 37.3 Å². The molecular formula is C14H11FN4O2S. The number of ether oxygens (including phenoxy) is 1. The van der Waals surface area contributed by atoms with E-state index in [-0.39, 0.29) is 18.1 Å². The van der Waals surface area contributed by atoms with E-state index >= 15 is 0 Å². The van der Waals surface area contributed by atoms with Gasteiger partial charge in [-0.3, -0.25) is 0 Å². The number of nitrogens with zero attached hydrogens (tertiary/aromatic N) is 3. The second kappa shape index (κ2) is 6.02. The Labute approximate surface area is 129 Å². The minimum Gasteiger partial charge on any atom is -0.461 e. The first-order valence-corrected chi connectivity index (χ1v) is 7.31. The summed E-state index contributed by atoms with van der Waals surface area (Å²) < 4.78 is 18.7. The fourth-order valence-corrected chi connectivity index (χ4v) is 2.67. The number of benzene rings is 1. The van der Waals surface area contributed by atoms with Gasteiger partial charge in [0.1, 0.15) is 5.82 Å². The number of halogens is 1. The Morgan fingerprint density at radius 3 is 2.91 bits per heavy atom. The number of carbonyl (C=O) groups excluding carboxylic acids is 1. The van der Waals surface area contributed by atoms with Crippen LogP contribution in [0.15, 0.2) is 30.3 Å². The van der Waals surface area contributed by atoms with E-state index in [0.29, 0.717) is 16.5 Å². The van der Waals surface area contributed by atoms with Crippen LogP contribution < -0.4 is 5.32 Å². The molecule has 0 aliphatic carbocycles. The maximum absolute atomic E-state index is 13.1. The molecule has 0 bridgehead atoms. The Balaban J connectivity index is 1.78. The summed E-state index contributed by atoms with van der Waals surface area (Å²) >= 11 is 1.30. The molecule has 8 heteroatoms. The van der Waals surface area contributed by atoms with Crippen molar-refractivity contribution in [2.45, 2.75) is 6.92 Å². The summed E-state index contributed by atoms with van der Waals surface area (Å²) in [6.07, 6.45) is 0. The molecule has 6 nitrogen and oxygen atoms in total. The molecule has 2 heterocycles. The third-order valence-electron chi connectivity index (χ3n) is 2.73. The predicted molar refractivity (Wildman–Crippen MR) is 80.8 cm³/mol. The summed E-state index contributed by atoms with van der Waals surface area (Å²) in [4.78, 5) is 15.8. The lowest BCUT2D eigenvalue weighted by atomic mass is 10.3. The van der Waals surface area contributed by atoms with Crippen molar-refractivity contribution in [1.29, 1.82) is 0 Å². The molecule has 112 valence electrons. The fraction of sp³-hybridized carbons (Fsp3) is 0.143. The maximum Gasteiger partial charge on any atom is 0.358 e.